The number of carbonyl (C=O) groups excluding carboxylic acids is 2. The van der Waals surface area contributed by atoms with Crippen LogP contribution in [0.5, 0.6) is 5.75 Å². The summed E-state index contributed by atoms with van der Waals surface area (Å²) < 4.78 is 10.0. The zero-order chi connectivity index (χ0) is 13.5. The molecule has 1 amide bonds. The second-order valence-electron chi connectivity index (χ2n) is 3.65. The lowest BCUT2D eigenvalue weighted by Crippen LogP contribution is -2.34. The highest BCUT2D eigenvalue weighted by atomic mass is 16.6. The summed E-state index contributed by atoms with van der Waals surface area (Å²) >= 11 is 0. The first kappa shape index (κ1) is 13.8. The van der Waals surface area contributed by atoms with Gasteiger partial charge < -0.3 is 20.9 Å². The number of carbonyl (C=O) groups is 2. The molecule has 0 heterocycles. The highest BCUT2D eigenvalue weighted by Crippen LogP contribution is 2.13. The van der Waals surface area contributed by atoms with E-state index in [2.05, 4.69) is 0 Å². The van der Waals surface area contributed by atoms with Crippen molar-refractivity contribution in [3.8, 4) is 5.75 Å². The molecule has 4 N–H and O–H groups in total. The molecule has 0 saturated carbocycles. The van der Waals surface area contributed by atoms with Gasteiger partial charge in [0, 0.05) is 5.69 Å². The van der Waals surface area contributed by atoms with Crippen LogP contribution in [0, 0.1) is 0 Å². The maximum Gasteiger partial charge on any atom is 0.344 e. The number of ether oxygens (including phenoxy) is 2. The molecular weight excluding hydrogens is 236 g/mol. The predicted molar refractivity (Wildman–Crippen MR) is 65.7 cm³/mol. The number of anilines is 1. The van der Waals surface area contributed by atoms with Gasteiger partial charge in [-0.25, -0.2) is 4.79 Å². The van der Waals surface area contributed by atoms with E-state index in [9.17, 15) is 9.59 Å². The second kappa shape index (κ2) is 6.48. The molecule has 0 bridgehead atoms. The lowest BCUT2D eigenvalue weighted by Gasteiger charge is -2.12. The van der Waals surface area contributed by atoms with Gasteiger partial charge >= 0.3 is 5.97 Å². The van der Waals surface area contributed by atoms with Crippen molar-refractivity contribution >= 4 is 17.6 Å². The van der Waals surface area contributed by atoms with Crippen LogP contribution in [-0.2, 0) is 14.3 Å². The summed E-state index contributed by atoms with van der Waals surface area (Å²) in [6.45, 7) is 1.41. The van der Waals surface area contributed by atoms with Crippen molar-refractivity contribution < 1.29 is 19.1 Å². The maximum atomic E-state index is 11.4. The Morgan fingerprint density at radius 1 is 1.28 bits per heavy atom. The van der Waals surface area contributed by atoms with Gasteiger partial charge in [0.2, 0.25) is 0 Å². The van der Waals surface area contributed by atoms with Crippen LogP contribution in [-0.4, -0.2) is 24.6 Å². The van der Waals surface area contributed by atoms with Gasteiger partial charge in [-0.2, -0.15) is 0 Å². The van der Waals surface area contributed by atoms with Crippen LogP contribution in [0.1, 0.15) is 13.3 Å². The molecule has 1 aromatic rings. The summed E-state index contributed by atoms with van der Waals surface area (Å²) in [6.07, 6.45) is -0.573. The first-order valence-corrected chi connectivity index (χ1v) is 5.50. The molecule has 6 heteroatoms. The molecule has 1 aromatic carbocycles. The number of hydrogen-bond acceptors (Lipinski definition) is 5. The third-order valence-electron chi connectivity index (χ3n) is 2.20. The smallest absolute Gasteiger partial charge is 0.344 e. The average molecular weight is 252 g/mol. The van der Waals surface area contributed by atoms with Crippen LogP contribution in [0.15, 0.2) is 24.3 Å². The van der Waals surface area contributed by atoms with E-state index < -0.39 is 18.0 Å². The summed E-state index contributed by atoms with van der Waals surface area (Å²) in [5.41, 5.74) is 11.2. The summed E-state index contributed by atoms with van der Waals surface area (Å²) in [5.74, 6) is -0.816. The van der Waals surface area contributed by atoms with Gasteiger partial charge in [-0.1, -0.05) is 6.92 Å². The minimum Gasteiger partial charge on any atom is -0.482 e. The molecule has 0 saturated heterocycles. The summed E-state index contributed by atoms with van der Waals surface area (Å²) in [6, 6.07) is 6.57. The number of hydrogen-bond donors (Lipinski definition) is 2. The van der Waals surface area contributed by atoms with E-state index in [1.807, 2.05) is 0 Å². The van der Waals surface area contributed by atoms with Gasteiger partial charge in [0.25, 0.3) is 5.91 Å². The highest BCUT2D eigenvalue weighted by Gasteiger charge is 2.18. The lowest BCUT2D eigenvalue weighted by atomic mass is 10.3. The zero-order valence-corrected chi connectivity index (χ0v) is 10.1. The largest absolute Gasteiger partial charge is 0.482 e. The third kappa shape index (κ3) is 4.32. The Hall–Kier alpha value is -2.24. The van der Waals surface area contributed by atoms with Crippen LogP contribution in [0.25, 0.3) is 0 Å². The minimum atomic E-state index is -0.910. The third-order valence-corrected chi connectivity index (χ3v) is 2.20. The van der Waals surface area contributed by atoms with Gasteiger partial charge in [0.1, 0.15) is 5.75 Å². The molecule has 0 aliphatic carbocycles. The molecule has 0 spiro atoms. The highest BCUT2D eigenvalue weighted by molar-refractivity contribution is 5.82. The average Bonchev–Trinajstić information content (AvgIpc) is 2.35. The van der Waals surface area contributed by atoms with E-state index >= 15 is 0 Å². The van der Waals surface area contributed by atoms with Crippen LogP contribution < -0.4 is 16.2 Å². The quantitative estimate of drug-likeness (QED) is 0.565. The standard InChI is InChI=1S/C12H16N2O4/c1-2-10(12(14)16)18-11(15)7-17-9-5-3-8(13)4-6-9/h3-6,10H,2,7,13H2,1H3,(H2,14,16). The van der Waals surface area contributed by atoms with E-state index in [-0.39, 0.29) is 6.61 Å². The van der Waals surface area contributed by atoms with E-state index in [0.717, 1.165) is 0 Å². The molecule has 0 fully saturated rings. The number of nitrogen functional groups attached to an aromatic ring is 1. The SMILES string of the molecule is CCC(OC(=O)COc1ccc(N)cc1)C(N)=O. The number of primary amides is 1. The minimum absolute atomic E-state index is 0.284. The maximum absolute atomic E-state index is 11.4. The van der Waals surface area contributed by atoms with E-state index in [1.165, 1.54) is 0 Å². The van der Waals surface area contributed by atoms with E-state index in [4.69, 9.17) is 20.9 Å². The summed E-state index contributed by atoms with van der Waals surface area (Å²) in [4.78, 5) is 22.2. The Labute approximate surface area is 105 Å². The van der Waals surface area contributed by atoms with Crippen molar-refractivity contribution in [2.24, 2.45) is 5.73 Å². The Morgan fingerprint density at radius 2 is 1.89 bits per heavy atom. The van der Waals surface area contributed by atoms with E-state index in [0.29, 0.717) is 17.9 Å². The van der Waals surface area contributed by atoms with Gasteiger partial charge in [0.15, 0.2) is 12.7 Å². The van der Waals surface area contributed by atoms with E-state index in [1.54, 1.807) is 31.2 Å². The topological polar surface area (TPSA) is 105 Å². The van der Waals surface area contributed by atoms with Gasteiger partial charge in [-0.3, -0.25) is 4.79 Å². The zero-order valence-electron chi connectivity index (χ0n) is 10.1. The molecule has 18 heavy (non-hydrogen) atoms. The molecular formula is C12H16N2O4. The predicted octanol–water partition coefficient (Wildman–Crippen LogP) is 0.455. The Kier molecular flexibility index (Phi) is 4.98. The van der Waals surface area contributed by atoms with Gasteiger partial charge in [-0.15, -0.1) is 0 Å². The molecule has 0 aliphatic rings. The van der Waals surface area contributed by atoms with Gasteiger partial charge in [0.05, 0.1) is 0 Å². The first-order valence-electron chi connectivity index (χ1n) is 5.50. The van der Waals surface area contributed by atoms with Crippen molar-refractivity contribution in [2.75, 3.05) is 12.3 Å². The van der Waals surface area contributed by atoms with Crippen molar-refractivity contribution in [3.63, 3.8) is 0 Å². The van der Waals surface area contributed by atoms with Crippen molar-refractivity contribution in [1.82, 2.24) is 0 Å². The molecule has 0 aliphatic heterocycles. The number of rotatable bonds is 6. The lowest BCUT2D eigenvalue weighted by molar-refractivity contribution is -0.156. The molecule has 1 rings (SSSR count). The molecule has 1 unspecified atom stereocenters. The normalized spacial score (nSPS) is 11.6. The second-order valence-corrected chi connectivity index (χ2v) is 3.65. The Morgan fingerprint density at radius 3 is 2.39 bits per heavy atom. The first-order chi connectivity index (χ1) is 8.52. The molecule has 1 atom stereocenters. The fourth-order valence-corrected chi connectivity index (χ4v) is 1.24. The van der Waals surface area contributed by atoms with Crippen molar-refractivity contribution in [3.05, 3.63) is 24.3 Å². The monoisotopic (exact) mass is 252 g/mol. The fourth-order valence-electron chi connectivity index (χ4n) is 1.24. The number of benzene rings is 1. The number of nitrogens with two attached hydrogens (primary N) is 2. The van der Waals surface area contributed by atoms with Crippen LogP contribution in [0.3, 0.4) is 0 Å². The molecule has 98 valence electrons. The molecule has 6 nitrogen and oxygen atoms in total. The van der Waals surface area contributed by atoms with Crippen LogP contribution in [0.4, 0.5) is 5.69 Å². The van der Waals surface area contributed by atoms with Crippen molar-refractivity contribution in [2.45, 2.75) is 19.4 Å². The van der Waals surface area contributed by atoms with Crippen LogP contribution >= 0.6 is 0 Å². The molecule has 0 aromatic heterocycles. The molecule has 0 radical (unpaired) electrons. The Bertz CT molecular complexity index is 417. The number of amides is 1. The Balaban J connectivity index is 2.41. The van der Waals surface area contributed by atoms with Crippen LogP contribution in [0.2, 0.25) is 0 Å². The van der Waals surface area contributed by atoms with Crippen molar-refractivity contribution in [1.29, 1.82) is 0 Å². The number of esters is 1. The summed E-state index contributed by atoms with van der Waals surface area (Å²) in [7, 11) is 0. The summed E-state index contributed by atoms with van der Waals surface area (Å²) in [5, 5.41) is 0. The van der Waals surface area contributed by atoms with Gasteiger partial charge in [-0.05, 0) is 30.7 Å². The fraction of sp³-hybridized carbons (Fsp3) is 0.333.